The van der Waals surface area contributed by atoms with E-state index in [1.807, 2.05) is 0 Å². The lowest BCUT2D eigenvalue weighted by Crippen LogP contribution is -2.01. The van der Waals surface area contributed by atoms with Gasteiger partial charge in [-0.2, -0.15) is 13.2 Å². The van der Waals surface area contributed by atoms with Crippen LogP contribution in [0.4, 0.5) is 19.0 Å². The third-order valence-corrected chi connectivity index (χ3v) is 2.19. The summed E-state index contributed by atoms with van der Waals surface area (Å²) in [7, 11) is 0. The lowest BCUT2D eigenvalue weighted by molar-refractivity contribution is -0.133. The minimum atomic E-state index is -4.60. The average Bonchev–Trinajstić information content (AvgIpc) is 2.30. The number of alkyl halides is 3. The van der Waals surface area contributed by atoms with Gasteiger partial charge in [0, 0.05) is 0 Å². The summed E-state index contributed by atoms with van der Waals surface area (Å²) in [5.41, 5.74) is 0. The van der Waals surface area contributed by atoms with Crippen molar-refractivity contribution in [2.75, 3.05) is 0 Å². The van der Waals surface area contributed by atoms with Crippen LogP contribution in [0.2, 0.25) is 4.47 Å². The highest BCUT2D eigenvalue weighted by atomic mass is 35.5. The number of hydrogen-bond acceptors (Lipinski definition) is 4. The fourth-order valence-electron chi connectivity index (χ4n) is 0.590. The number of carbonyl (C=O) groups excluding carboxylic acids is 1. The lowest BCUT2D eigenvalue weighted by Gasteiger charge is -2.00. The van der Waals surface area contributed by atoms with Crippen molar-refractivity contribution in [2.24, 2.45) is 4.99 Å². The summed E-state index contributed by atoms with van der Waals surface area (Å²) in [4.78, 5) is 14.6. The zero-order chi connectivity index (χ0) is 10.1. The molecule has 1 aromatic heterocycles. The summed E-state index contributed by atoms with van der Waals surface area (Å²) in [6.45, 7) is 0. The van der Waals surface area contributed by atoms with E-state index >= 15 is 0 Å². The van der Waals surface area contributed by atoms with E-state index in [1.54, 1.807) is 0 Å². The van der Waals surface area contributed by atoms with Gasteiger partial charge in [0.1, 0.15) is 0 Å². The van der Waals surface area contributed by atoms with Gasteiger partial charge in [0.15, 0.2) is 15.2 Å². The second-order valence-electron chi connectivity index (χ2n) is 1.82. The molecular formula is C5ClF3N2OS. The maximum Gasteiger partial charge on any atom is 0.429 e. The zero-order valence-corrected chi connectivity index (χ0v) is 7.30. The molecule has 8 heteroatoms. The molecule has 0 unspecified atom stereocenters. The van der Waals surface area contributed by atoms with Crippen LogP contribution in [-0.2, 0) is 11.0 Å². The minimum Gasteiger partial charge on any atom is -0.211 e. The van der Waals surface area contributed by atoms with Gasteiger partial charge >= 0.3 is 6.18 Å². The summed E-state index contributed by atoms with van der Waals surface area (Å²) >= 11 is 5.44. The van der Waals surface area contributed by atoms with E-state index in [0.717, 1.165) is 6.08 Å². The first-order chi connectivity index (χ1) is 5.95. The van der Waals surface area contributed by atoms with Gasteiger partial charge in [0.25, 0.3) is 0 Å². The maximum atomic E-state index is 12.1. The van der Waals surface area contributed by atoms with Crippen molar-refractivity contribution in [3.8, 4) is 0 Å². The largest absolute Gasteiger partial charge is 0.429 e. The van der Waals surface area contributed by atoms with Gasteiger partial charge in [0.2, 0.25) is 6.08 Å². The molecule has 0 aliphatic heterocycles. The molecule has 0 fully saturated rings. The SMILES string of the molecule is O=C=Nc1nc(Cl)sc1C(F)(F)F. The molecule has 1 rings (SSSR count). The van der Waals surface area contributed by atoms with E-state index in [1.165, 1.54) is 0 Å². The fourth-order valence-corrected chi connectivity index (χ4v) is 1.50. The molecule has 0 spiro atoms. The van der Waals surface area contributed by atoms with Crippen LogP contribution in [0.5, 0.6) is 0 Å². The summed E-state index contributed by atoms with van der Waals surface area (Å²) < 4.78 is 36.0. The summed E-state index contributed by atoms with van der Waals surface area (Å²) in [5.74, 6) is -0.738. The maximum absolute atomic E-state index is 12.1. The summed E-state index contributed by atoms with van der Waals surface area (Å²) in [6, 6.07) is 0. The molecule has 0 aromatic carbocycles. The van der Waals surface area contributed by atoms with Crippen LogP contribution in [0.1, 0.15) is 4.88 Å². The third kappa shape index (κ3) is 2.27. The molecule has 0 radical (unpaired) electrons. The number of aromatic nitrogens is 1. The molecule has 0 aliphatic carbocycles. The van der Waals surface area contributed by atoms with Crippen LogP contribution in [0.3, 0.4) is 0 Å². The smallest absolute Gasteiger partial charge is 0.211 e. The van der Waals surface area contributed by atoms with E-state index in [0.29, 0.717) is 0 Å². The molecule has 3 nitrogen and oxygen atoms in total. The predicted molar refractivity (Wildman–Crippen MR) is 39.9 cm³/mol. The van der Waals surface area contributed by atoms with E-state index < -0.39 is 16.9 Å². The Bertz CT molecular complexity index is 368. The van der Waals surface area contributed by atoms with Gasteiger partial charge in [0.05, 0.1) is 0 Å². The topological polar surface area (TPSA) is 42.3 Å². The van der Waals surface area contributed by atoms with Crippen molar-refractivity contribution in [1.29, 1.82) is 0 Å². The van der Waals surface area contributed by atoms with Crippen LogP contribution in [0.25, 0.3) is 0 Å². The summed E-state index contributed by atoms with van der Waals surface area (Å²) in [6.07, 6.45) is -3.63. The van der Waals surface area contributed by atoms with Gasteiger partial charge < -0.3 is 0 Å². The Kier molecular flexibility index (Phi) is 2.70. The Hall–Kier alpha value is -0.910. The molecule has 0 N–H and O–H groups in total. The molecule has 13 heavy (non-hydrogen) atoms. The van der Waals surface area contributed by atoms with Crippen molar-refractivity contribution in [2.45, 2.75) is 6.18 Å². The number of nitrogens with zero attached hydrogens (tertiary/aromatic N) is 2. The van der Waals surface area contributed by atoms with Crippen LogP contribution in [0.15, 0.2) is 4.99 Å². The Morgan fingerprint density at radius 1 is 1.54 bits per heavy atom. The molecular weight excluding hydrogens is 229 g/mol. The first-order valence-corrected chi connectivity index (χ1v) is 3.96. The van der Waals surface area contributed by atoms with Gasteiger partial charge in [-0.3, -0.25) is 0 Å². The second-order valence-corrected chi connectivity index (χ2v) is 3.40. The van der Waals surface area contributed by atoms with E-state index in [2.05, 4.69) is 9.98 Å². The van der Waals surface area contributed by atoms with E-state index in [4.69, 9.17) is 11.6 Å². The quantitative estimate of drug-likeness (QED) is 0.548. The second kappa shape index (κ2) is 3.45. The van der Waals surface area contributed by atoms with Crippen LogP contribution < -0.4 is 0 Å². The van der Waals surface area contributed by atoms with Crippen LogP contribution in [0, 0.1) is 0 Å². The third-order valence-electron chi connectivity index (χ3n) is 0.992. The van der Waals surface area contributed by atoms with Crippen LogP contribution >= 0.6 is 22.9 Å². The highest BCUT2D eigenvalue weighted by Crippen LogP contribution is 2.41. The van der Waals surface area contributed by atoms with Crippen molar-refractivity contribution in [1.82, 2.24) is 4.98 Å². The van der Waals surface area contributed by atoms with E-state index in [9.17, 15) is 18.0 Å². The molecule has 1 aromatic rings. The van der Waals surface area contributed by atoms with Gasteiger partial charge in [-0.05, 0) is 0 Å². The molecule has 0 saturated carbocycles. The number of aliphatic imine (C=N–C) groups is 1. The normalized spacial score (nSPS) is 11.1. The van der Waals surface area contributed by atoms with Gasteiger partial charge in [-0.25, -0.2) is 9.78 Å². The zero-order valence-electron chi connectivity index (χ0n) is 5.72. The standard InChI is InChI=1S/C5ClF3N2OS/c6-4-11-3(10-1-12)2(13-4)5(7,8)9. The van der Waals surface area contributed by atoms with Crippen molar-refractivity contribution in [3.05, 3.63) is 9.34 Å². The molecule has 70 valence electrons. The van der Waals surface area contributed by atoms with Gasteiger partial charge in [-0.15, -0.1) is 4.99 Å². The molecule has 1 heterocycles. The van der Waals surface area contributed by atoms with Crippen LogP contribution in [-0.4, -0.2) is 11.1 Å². The number of thiazole rings is 1. The first kappa shape index (κ1) is 10.2. The predicted octanol–water partition coefficient (Wildman–Crippen LogP) is 2.78. The Morgan fingerprint density at radius 3 is 2.62 bits per heavy atom. The van der Waals surface area contributed by atoms with Crippen molar-refractivity contribution in [3.63, 3.8) is 0 Å². The molecule has 0 bridgehead atoms. The molecule has 0 amide bonds. The Labute approximate surface area is 78.9 Å². The highest BCUT2D eigenvalue weighted by Gasteiger charge is 2.37. The lowest BCUT2D eigenvalue weighted by atomic mass is 10.5. The fraction of sp³-hybridized carbons (Fsp3) is 0.200. The number of halogens is 4. The number of rotatable bonds is 1. The minimum absolute atomic E-state index is 0.218. The number of isocyanates is 1. The molecule has 0 saturated heterocycles. The monoisotopic (exact) mass is 228 g/mol. The average molecular weight is 229 g/mol. The van der Waals surface area contributed by atoms with Crippen molar-refractivity contribution >= 4 is 34.8 Å². The highest BCUT2D eigenvalue weighted by molar-refractivity contribution is 7.16. The molecule has 0 aliphatic rings. The van der Waals surface area contributed by atoms with Crippen molar-refractivity contribution < 1.29 is 18.0 Å². The Morgan fingerprint density at radius 2 is 2.15 bits per heavy atom. The van der Waals surface area contributed by atoms with Gasteiger partial charge in [-0.1, -0.05) is 22.9 Å². The van der Waals surface area contributed by atoms with E-state index in [-0.39, 0.29) is 15.8 Å². The Balaban J connectivity index is 3.27. The first-order valence-electron chi connectivity index (χ1n) is 2.76. The molecule has 0 atom stereocenters. The summed E-state index contributed by atoms with van der Waals surface area (Å²) in [5, 5.41) is 0. The number of hydrogen-bond donors (Lipinski definition) is 0.